The second kappa shape index (κ2) is 5.61. The van der Waals surface area contributed by atoms with Crippen LogP contribution in [0, 0.1) is 12.7 Å². The second-order valence-corrected chi connectivity index (χ2v) is 5.13. The molecule has 112 valence electrons. The summed E-state index contributed by atoms with van der Waals surface area (Å²) >= 11 is 0. The molecule has 0 spiro atoms. The summed E-state index contributed by atoms with van der Waals surface area (Å²) in [5.74, 6) is 4.68. The molecule has 1 aromatic heterocycles. The SMILES string of the molecule is Cc1c(C(=O)NN)c2ccccc2n1Cc1ccccc1F. The fourth-order valence-electron chi connectivity index (χ4n) is 2.79. The van der Waals surface area contributed by atoms with Gasteiger partial charge in [-0.2, -0.15) is 0 Å². The second-order valence-electron chi connectivity index (χ2n) is 5.13. The van der Waals surface area contributed by atoms with Gasteiger partial charge in [-0.15, -0.1) is 0 Å². The third-order valence-electron chi connectivity index (χ3n) is 3.88. The average Bonchev–Trinajstić information content (AvgIpc) is 2.81. The van der Waals surface area contributed by atoms with E-state index in [1.807, 2.05) is 35.8 Å². The van der Waals surface area contributed by atoms with Gasteiger partial charge in [-0.05, 0) is 19.1 Å². The highest BCUT2D eigenvalue weighted by Gasteiger charge is 2.19. The molecule has 1 amide bonds. The Hall–Kier alpha value is -2.66. The van der Waals surface area contributed by atoms with Gasteiger partial charge in [0.1, 0.15) is 5.82 Å². The highest BCUT2D eigenvalue weighted by atomic mass is 19.1. The molecular formula is C17H16FN3O. The summed E-state index contributed by atoms with van der Waals surface area (Å²) in [7, 11) is 0. The number of carbonyl (C=O) groups excluding carboxylic acids is 1. The molecule has 3 rings (SSSR count). The summed E-state index contributed by atoms with van der Waals surface area (Å²) in [6.07, 6.45) is 0. The van der Waals surface area contributed by atoms with Gasteiger partial charge in [-0.3, -0.25) is 10.2 Å². The molecule has 0 aliphatic rings. The first kappa shape index (κ1) is 14.3. The number of carbonyl (C=O) groups is 1. The Morgan fingerprint density at radius 2 is 1.86 bits per heavy atom. The van der Waals surface area contributed by atoms with E-state index in [0.717, 1.165) is 16.6 Å². The van der Waals surface area contributed by atoms with Crippen LogP contribution in [0.4, 0.5) is 4.39 Å². The van der Waals surface area contributed by atoms with E-state index in [1.54, 1.807) is 18.2 Å². The van der Waals surface area contributed by atoms with Crippen molar-refractivity contribution in [2.24, 2.45) is 5.84 Å². The van der Waals surface area contributed by atoms with E-state index in [0.29, 0.717) is 17.7 Å². The van der Waals surface area contributed by atoms with Crippen molar-refractivity contribution in [3.8, 4) is 0 Å². The first-order chi connectivity index (χ1) is 10.6. The zero-order valence-corrected chi connectivity index (χ0v) is 12.1. The van der Waals surface area contributed by atoms with Crippen LogP contribution >= 0.6 is 0 Å². The number of fused-ring (bicyclic) bond motifs is 1. The smallest absolute Gasteiger partial charge is 0.267 e. The van der Waals surface area contributed by atoms with E-state index in [4.69, 9.17) is 5.84 Å². The Balaban J connectivity index is 2.20. The van der Waals surface area contributed by atoms with E-state index < -0.39 is 0 Å². The van der Waals surface area contributed by atoms with Gasteiger partial charge >= 0.3 is 0 Å². The number of para-hydroxylation sites is 1. The molecule has 22 heavy (non-hydrogen) atoms. The molecule has 0 bridgehead atoms. The Morgan fingerprint density at radius 1 is 1.18 bits per heavy atom. The van der Waals surface area contributed by atoms with E-state index in [1.165, 1.54) is 6.07 Å². The topological polar surface area (TPSA) is 60.1 Å². The van der Waals surface area contributed by atoms with Gasteiger partial charge in [-0.25, -0.2) is 10.2 Å². The van der Waals surface area contributed by atoms with Gasteiger partial charge in [0.25, 0.3) is 5.91 Å². The quantitative estimate of drug-likeness (QED) is 0.443. The normalized spacial score (nSPS) is 10.9. The van der Waals surface area contributed by atoms with Gasteiger partial charge in [0.2, 0.25) is 0 Å². The molecule has 4 nitrogen and oxygen atoms in total. The fraction of sp³-hybridized carbons (Fsp3) is 0.118. The zero-order valence-electron chi connectivity index (χ0n) is 12.1. The summed E-state index contributed by atoms with van der Waals surface area (Å²) in [4.78, 5) is 12.1. The molecule has 0 atom stereocenters. The molecule has 2 aromatic carbocycles. The van der Waals surface area contributed by atoms with Crippen LogP contribution in [0.5, 0.6) is 0 Å². The van der Waals surface area contributed by atoms with Crippen molar-refractivity contribution >= 4 is 16.8 Å². The van der Waals surface area contributed by atoms with Gasteiger partial charge in [-0.1, -0.05) is 36.4 Å². The highest BCUT2D eigenvalue weighted by Crippen LogP contribution is 2.27. The molecule has 0 aliphatic carbocycles. The number of nitrogens with two attached hydrogens (primary N) is 1. The molecule has 5 heteroatoms. The number of hydrazine groups is 1. The van der Waals surface area contributed by atoms with Crippen molar-refractivity contribution in [3.05, 3.63) is 71.2 Å². The van der Waals surface area contributed by atoms with Crippen molar-refractivity contribution in [2.75, 3.05) is 0 Å². The van der Waals surface area contributed by atoms with E-state index >= 15 is 0 Å². The van der Waals surface area contributed by atoms with Crippen LogP contribution in [0.25, 0.3) is 10.9 Å². The summed E-state index contributed by atoms with van der Waals surface area (Å²) in [5, 5.41) is 0.805. The summed E-state index contributed by atoms with van der Waals surface area (Å²) in [6, 6.07) is 14.2. The van der Waals surface area contributed by atoms with Crippen LogP contribution in [0.3, 0.4) is 0 Å². The molecule has 0 fully saturated rings. The Morgan fingerprint density at radius 3 is 2.59 bits per heavy atom. The van der Waals surface area contributed by atoms with Gasteiger partial charge in [0, 0.05) is 22.2 Å². The number of halogens is 1. The Kier molecular flexibility index (Phi) is 3.65. The van der Waals surface area contributed by atoms with E-state index in [-0.39, 0.29) is 11.7 Å². The predicted octanol–water partition coefficient (Wildman–Crippen LogP) is 2.74. The third kappa shape index (κ3) is 2.25. The maximum absolute atomic E-state index is 13.9. The van der Waals surface area contributed by atoms with Crippen LogP contribution in [0.15, 0.2) is 48.5 Å². The molecule has 3 N–H and O–H groups in total. The van der Waals surface area contributed by atoms with Crippen LogP contribution in [0.1, 0.15) is 21.6 Å². The lowest BCUT2D eigenvalue weighted by atomic mass is 10.1. The number of nitrogens with zero attached hydrogens (tertiary/aromatic N) is 1. The summed E-state index contributed by atoms with van der Waals surface area (Å²) < 4.78 is 15.9. The molecule has 0 unspecified atom stereocenters. The lowest BCUT2D eigenvalue weighted by Gasteiger charge is -2.09. The number of aromatic nitrogens is 1. The molecule has 1 heterocycles. The molecule has 0 saturated heterocycles. The number of hydrogen-bond acceptors (Lipinski definition) is 2. The predicted molar refractivity (Wildman–Crippen MR) is 83.8 cm³/mol. The van der Waals surface area contributed by atoms with E-state index in [9.17, 15) is 9.18 Å². The standard InChI is InChI=1S/C17H16FN3O/c1-11-16(17(22)20-19)13-7-3-5-9-15(13)21(11)10-12-6-2-4-8-14(12)18/h2-9H,10,19H2,1H3,(H,20,22). The number of nitrogen functional groups attached to an aromatic ring is 1. The van der Waals surface area contributed by atoms with Crippen LogP contribution in [-0.4, -0.2) is 10.5 Å². The van der Waals surface area contributed by atoms with E-state index in [2.05, 4.69) is 5.43 Å². The molecule has 0 radical (unpaired) electrons. The number of amides is 1. The average molecular weight is 297 g/mol. The first-order valence-corrected chi connectivity index (χ1v) is 6.95. The number of benzene rings is 2. The Labute approximate surface area is 127 Å². The molecule has 0 aliphatic heterocycles. The van der Waals surface area contributed by atoms with Gasteiger partial charge < -0.3 is 4.57 Å². The highest BCUT2D eigenvalue weighted by molar-refractivity contribution is 6.08. The molecule has 0 saturated carbocycles. The summed E-state index contributed by atoms with van der Waals surface area (Å²) in [6.45, 7) is 2.20. The molecule has 3 aromatic rings. The largest absolute Gasteiger partial charge is 0.340 e. The lowest BCUT2D eigenvalue weighted by Crippen LogP contribution is -2.30. The van der Waals surface area contributed by atoms with Crippen LogP contribution in [-0.2, 0) is 6.54 Å². The van der Waals surface area contributed by atoms with Crippen molar-refractivity contribution in [1.29, 1.82) is 0 Å². The maximum atomic E-state index is 13.9. The van der Waals surface area contributed by atoms with Crippen molar-refractivity contribution in [1.82, 2.24) is 9.99 Å². The Bertz CT molecular complexity index is 854. The number of rotatable bonds is 3. The first-order valence-electron chi connectivity index (χ1n) is 6.95. The van der Waals surface area contributed by atoms with Crippen LogP contribution < -0.4 is 11.3 Å². The van der Waals surface area contributed by atoms with Crippen LogP contribution in [0.2, 0.25) is 0 Å². The fourth-order valence-corrected chi connectivity index (χ4v) is 2.79. The summed E-state index contributed by atoms with van der Waals surface area (Å²) in [5.41, 5.74) is 4.91. The van der Waals surface area contributed by atoms with Crippen molar-refractivity contribution in [3.63, 3.8) is 0 Å². The van der Waals surface area contributed by atoms with Crippen molar-refractivity contribution in [2.45, 2.75) is 13.5 Å². The third-order valence-corrected chi connectivity index (χ3v) is 3.88. The van der Waals surface area contributed by atoms with Gasteiger partial charge in [0.15, 0.2) is 0 Å². The zero-order chi connectivity index (χ0) is 15.7. The van der Waals surface area contributed by atoms with Crippen molar-refractivity contribution < 1.29 is 9.18 Å². The molecular weight excluding hydrogens is 281 g/mol. The number of hydrogen-bond donors (Lipinski definition) is 2. The maximum Gasteiger partial charge on any atom is 0.267 e. The minimum absolute atomic E-state index is 0.260. The van der Waals surface area contributed by atoms with Gasteiger partial charge in [0.05, 0.1) is 12.1 Å². The lowest BCUT2D eigenvalue weighted by molar-refractivity contribution is 0.0954. The minimum atomic E-state index is -0.346. The minimum Gasteiger partial charge on any atom is -0.340 e. The number of nitrogens with one attached hydrogen (secondary N) is 1. The monoisotopic (exact) mass is 297 g/mol.